The smallest absolute Gasteiger partial charge is 0.245 e. The van der Waals surface area contributed by atoms with E-state index in [9.17, 15) is 8.42 Å². The number of halogens is 1. The van der Waals surface area contributed by atoms with Crippen molar-refractivity contribution in [3.05, 3.63) is 52.8 Å². The van der Waals surface area contributed by atoms with Crippen LogP contribution in [0.3, 0.4) is 0 Å². The number of sulfonamides is 1. The molecule has 2 aromatic rings. The summed E-state index contributed by atoms with van der Waals surface area (Å²) in [5.74, 6) is 0. The molecule has 0 saturated carbocycles. The molecule has 0 unspecified atom stereocenters. The third-order valence-electron chi connectivity index (χ3n) is 2.99. The summed E-state index contributed by atoms with van der Waals surface area (Å²) in [4.78, 5) is 4.34. The second-order valence-corrected chi connectivity index (χ2v) is 7.16. The van der Waals surface area contributed by atoms with Gasteiger partial charge in [-0.2, -0.15) is 4.31 Å². The minimum atomic E-state index is -3.69. The van der Waals surface area contributed by atoms with E-state index in [1.54, 1.807) is 6.07 Å². The molecular weight excluding hydrogens is 310 g/mol. The van der Waals surface area contributed by atoms with Crippen LogP contribution in [0.25, 0.3) is 0 Å². The molecule has 1 heterocycles. The van der Waals surface area contributed by atoms with Crippen molar-refractivity contribution in [3.8, 4) is 0 Å². The molecule has 112 valence electrons. The Balaban J connectivity index is 2.30. The third-order valence-corrected chi connectivity index (χ3v) is 5.10. The summed E-state index contributed by atoms with van der Waals surface area (Å²) < 4.78 is 26.3. The molecule has 1 aromatic carbocycles. The summed E-state index contributed by atoms with van der Waals surface area (Å²) in [6.07, 6.45) is 0. The van der Waals surface area contributed by atoms with Gasteiger partial charge in [0.25, 0.3) is 0 Å². The minimum Gasteiger partial charge on any atom is -0.398 e. The molecule has 0 radical (unpaired) electrons. The summed E-state index contributed by atoms with van der Waals surface area (Å²) in [6, 6.07) is 9.82. The van der Waals surface area contributed by atoms with E-state index in [-0.39, 0.29) is 17.1 Å². The van der Waals surface area contributed by atoms with Crippen molar-refractivity contribution in [2.24, 2.45) is 0 Å². The maximum atomic E-state index is 12.5. The minimum absolute atomic E-state index is 0.0436. The summed E-state index contributed by atoms with van der Waals surface area (Å²) in [6.45, 7) is 2.03. The first kappa shape index (κ1) is 15.8. The van der Waals surface area contributed by atoms with E-state index in [1.165, 1.54) is 29.6 Å². The van der Waals surface area contributed by atoms with Crippen molar-refractivity contribution < 1.29 is 8.42 Å². The number of pyridine rings is 1. The van der Waals surface area contributed by atoms with Gasteiger partial charge in [0, 0.05) is 17.8 Å². The molecule has 1 aromatic heterocycles. The second kappa shape index (κ2) is 6.01. The predicted molar refractivity (Wildman–Crippen MR) is 83.5 cm³/mol. The fourth-order valence-corrected chi connectivity index (χ4v) is 3.34. The van der Waals surface area contributed by atoms with Gasteiger partial charge >= 0.3 is 0 Å². The molecule has 21 heavy (non-hydrogen) atoms. The van der Waals surface area contributed by atoms with Crippen LogP contribution < -0.4 is 5.73 Å². The summed E-state index contributed by atoms with van der Waals surface area (Å²) in [7, 11) is -2.19. The normalized spacial score (nSPS) is 11.8. The van der Waals surface area contributed by atoms with E-state index in [2.05, 4.69) is 4.98 Å². The van der Waals surface area contributed by atoms with Crippen LogP contribution in [0.15, 0.2) is 41.3 Å². The van der Waals surface area contributed by atoms with Gasteiger partial charge < -0.3 is 5.73 Å². The number of aryl methyl sites for hydroxylation is 1. The van der Waals surface area contributed by atoms with Gasteiger partial charge in [-0.05, 0) is 37.3 Å². The molecule has 5 nitrogen and oxygen atoms in total. The standard InChI is InChI=1S/C14H16ClN3O2S/c1-10-4-3-5-12(17-10)9-18(2)21(19,20)14-7-6-11(15)8-13(14)16/h3-8H,9,16H2,1-2H3. The van der Waals surface area contributed by atoms with Gasteiger partial charge in [0.05, 0.1) is 17.9 Å². The lowest BCUT2D eigenvalue weighted by Gasteiger charge is -2.18. The SMILES string of the molecule is Cc1cccc(CN(C)S(=O)(=O)c2ccc(Cl)cc2N)n1. The molecule has 0 spiro atoms. The summed E-state index contributed by atoms with van der Waals surface area (Å²) in [5.41, 5.74) is 7.40. The van der Waals surface area contributed by atoms with E-state index in [0.29, 0.717) is 10.7 Å². The van der Waals surface area contributed by atoms with E-state index in [1.807, 2.05) is 19.1 Å². The monoisotopic (exact) mass is 325 g/mol. The van der Waals surface area contributed by atoms with Crippen LogP contribution in [0.4, 0.5) is 5.69 Å². The first-order valence-electron chi connectivity index (χ1n) is 6.24. The Bertz CT molecular complexity index is 763. The van der Waals surface area contributed by atoms with Gasteiger partial charge in [-0.3, -0.25) is 4.98 Å². The Hall–Kier alpha value is -1.63. The number of nitrogen functional groups attached to an aromatic ring is 1. The van der Waals surface area contributed by atoms with Crippen LogP contribution in [0.1, 0.15) is 11.4 Å². The highest BCUT2D eigenvalue weighted by Gasteiger charge is 2.23. The molecule has 0 aliphatic heterocycles. The summed E-state index contributed by atoms with van der Waals surface area (Å²) in [5, 5.41) is 0.398. The van der Waals surface area contributed by atoms with Crippen molar-refractivity contribution in [2.45, 2.75) is 18.4 Å². The molecule has 2 N–H and O–H groups in total. The Morgan fingerprint density at radius 2 is 2.00 bits per heavy atom. The van der Waals surface area contributed by atoms with E-state index < -0.39 is 10.0 Å². The number of nitrogens with zero attached hydrogens (tertiary/aromatic N) is 2. The average Bonchev–Trinajstić information content (AvgIpc) is 2.38. The van der Waals surface area contributed by atoms with Gasteiger partial charge in [-0.15, -0.1) is 0 Å². The second-order valence-electron chi connectivity index (χ2n) is 4.71. The number of anilines is 1. The number of nitrogens with two attached hydrogens (primary N) is 1. The Labute approximate surface area is 129 Å². The van der Waals surface area contributed by atoms with E-state index in [4.69, 9.17) is 17.3 Å². The number of aromatic nitrogens is 1. The van der Waals surface area contributed by atoms with E-state index in [0.717, 1.165) is 5.69 Å². The molecular formula is C14H16ClN3O2S. The van der Waals surface area contributed by atoms with Crippen molar-refractivity contribution in [1.29, 1.82) is 0 Å². The van der Waals surface area contributed by atoms with Crippen molar-refractivity contribution in [2.75, 3.05) is 12.8 Å². The highest BCUT2D eigenvalue weighted by molar-refractivity contribution is 7.89. The highest BCUT2D eigenvalue weighted by atomic mass is 35.5. The quantitative estimate of drug-likeness (QED) is 0.876. The van der Waals surface area contributed by atoms with Crippen LogP contribution in [-0.2, 0) is 16.6 Å². The predicted octanol–water partition coefficient (Wildman–Crippen LogP) is 2.45. The van der Waals surface area contributed by atoms with E-state index >= 15 is 0 Å². The largest absolute Gasteiger partial charge is 0.398 e. The summed E-state index contributed by atoms with van der Waals surface area (Å²) >= 11 is 5.80. The molecule has 0 bridgehead atoms. The lowest BCUT2D eigenvalue weighted by atomic mass is 10.3. The number of hydrogen-bond donors (Lipinski definition) is 1. The highest BCUT2D eigenvalue weighted by Crippen LogP contribution is 2.25. The average molecular weight is 326 g/mol. The fraction of sp³-hybridized carbons (Fsp3) is 0.214. The number of rotatable bonds is 4. The van der Waals surface area contributed by atoms with Gasteiger partial charge in [0.15, 0.2) is 0 Å². The van der Waals surface area contributed by atoms with Crippen molar-refractivity contribution in [3.63, 3.8) is 0 Å². The zero-order chi connectivity index (χ0) is 15.6. The lowest BCUT2D eigenvalue weighted by Crippen LogP contribution is -2.27. The van der Waals surface area contributed by atoms with Gasteiger partial charge in [0.1, 0.15) is 4.90 Å². The molecule has 0 aliphatic carbocycles. The molecule has 7 heteroatoms. The van der Waals surface area contributed by atoms with Crippen LogP contribution in [0.2, 0.25) is 5.02 Å². The molecule has 0 amide bonds. The topological polar surface area (TPSA) is 76.3 Å². The molecule has 2 rings (SSSR count). The van der Waals surface area contributed by atoms with Gasteiger partial charge in [0.2, 0.25) is 10.0 Å². The van der Waals surface area contributed by atoms with Crippen LogP contribution in [-0.4, -0.2) is 24.8 Å². The van der Waals surface area contributed by atoms with Crippen molar-refractivity contribution in [1.82, 2.24) is 9.29 Å². The Morgan fingerprint density at radius 3 is 2.62 bits per heavy atom. The molecule has 0 aliphatic rings. The Kier molecular flexibility index (Phi) is 4.51. The Morgan fingerprint density at radius 1 is 1.29 bits per heavy atom. The van der Waals surface area contributed by atoms with Crippen LogP contribution in [0.5, 0.6) is 0 Å². The maximum absolute atomic E-state index is 12.5. The van der Waals surface area contributed by atoms with Gasteiger partial charge in [-0.25, -0.2) is 8.42 Å². The van der Waals surface area contributed by atoms with Gasteiger partial charge in [-0.1, -0.05) is 17.7 Å². The number of hydrogen-bond acceptors (Lipinski definition) is 4. The van der Waals surface area contributed by atoms with Crippen LogP contribution >= 0.6 is 11.6 Å². The third kappa shape index (κ3) is 3.53. The molecule has 0 atom stereocenters. The first-order chi connectivity index (χ1) is 9.80. The molecule has 0 saturated heterocycles. The number of benzene rings is 1. The molecule has 0 fully saturated rings. The van der Waals surface area contributed by atoms with Crippen molar-refractivity contribution >= 4 is 27.3 Å². The van der Waals surface area contributed by atoms with Crippen LogP contribution in [0, 0.1) is 6.92 Å². The fourth-order valence-electron chi connectivity index (χ4n) is 1.92. The zero-order valence-corrected chi connectivity index (χ0v) is 13.3. The first-order valence-corrected chi connectivity index (χ1v) is 8.06. The maximum Gasteiger partial charge on any atom is 0.245 e. The zero-order valence-electron chi connectivity index (χ0n) is 11.7. The lowest BCUT2D eigenvalue weighted by molar-refractivity contribution is 0.462.